The Morgan fingerprint density at radius 1 is 1.33 bits per heavy atom. The molecule has 1 amide bonds. The summed E-state index contributed by atoms with van der Waals surface area (Å²) in [5, 5.41) is 2.64. The van der Waals surface area contributed by atoms with Crippen molar-refractivity contribution in [3.63, 3.8) is 0 Å². The predicted molar refractivity (Wildman–Crippen MR) is 76.6 cm³/mol. The minimum Gasteiger partial charge on any atom is -0.456 e. The average molecular weight is 290 g/mol. The fourth-order valence-corrected chi connectivity index (χ4v) is 1.82. The van der Waals surface area contributed by atoms with Crippen molar-refractivity contribution in [3.05, 3.63) is 30.2 Å². The van der Waals surface area contributed by atoms with Crippen molar-refractivity contribution < 1.29 is 18.7 Å². The summed E-state index contributed by atoms with van der Waals surface area (Å²) < 4.78 is 10.4. The van der Waals surface area contributed by atoms with E-state index in [1.165, 1.54) is 0 Å². The number of nitrogens with zero attached hydrogens (tertiary/aromatic N) is 1. The molecule has 0 unspecified atom stereocenters. The van der Waals surface area contributed by atoms with Gasteiger partial charge in [-0.2, -0.15) is 0 Å². The average Bonchev–Trinajstić information content (AvgIpc) is 2.85. The van der Waals surface area contributed by atoms with Gasteiger partial charge in [-0.1, -0.05) is 12.1 Å². The number of ether oxygens (including phenoxy) is 1. The largest absolute Gasteiger partial charge is 0.456 e. The molecule has 0 aliphatic carbocycles. The van der Waals surface area contributed by atoms with Gasteiger partial charge < -0.3 is 14.5 Å². The van der Waals surface area contributed by atoms with Crippen molar-refractivity contribution in [1.29, 1.82) is 0 Å². The number of carbonyl (C=O) groups is 2. The fourth-order valence-electron chi connectivity index (χ4n) is 1.82. The van der Waals surface area contributed by atoms with Crippen LogP contribution in [0, 0.1) is 0 Å². The van der Waals surface area contributed by atoms with E-state index < -0.39 is 5.97 Å². The molecule has 0 saturated heterocycles. The zero-order valence-electron chi connectivity index (χ0n) is 12.1. The lowest BCUT2D eigenvalue weighted by Gasteiger charge is -2.08. The van der Waals surface area contributed by atoms with Crippen molar-refractivity contribution in [2.45, 2.75) is 32.7 Å². The molecule has 1 aromatic carbocycles. The van der Waals surface area contributed by atoms with E-state index in [0.717, 1.165) is 5.52 Å². The quantitative estimate of drug-likeness (QED) is 0.821. The van der Waals surface area contributed by atoms with E-state index >= 15 is 0 Å². The van der Waals surface area contributed by atoms with E-state index in [-0.39, 0.29) is 25.0 Å². The van der Waals surface area contributed by atoms with Crippen molar-refractivity contribution >= 4 is 23.0 Å². The van der Waals surface area contributed by atoms with Gasteiger partial charge in [-0.25, -0.2) is 4.98 Å². The van der Waals surface area contributed by atoms with Crippen LogP contribution in [-0.2, 0) is 20.7 Å². The van der Waals surface area contributed by atoms with Crippen LogP contribution in [0.2, 0.25) is 0 Å². The molecule has 0 aliphatic heterocycles. The van der Waals surface area contributed by atoms with Crippen molar-refractivity contribution in [2.75, 3.05) is 6.61 Å². The van der Waals surface area contributed by atoms with Crippen LogP contribution < -0.4 is 5.32 Å². The van der Waals surface area contributed by atoms with Crippen LogP contribution in [0.15, 0.2) is 28.7 Å². The highest BCUT2D eigenvalue weighted by atomic mass is 16.5. The Morgan fingerprint density at radius 3 is 2.81 bits per heavy atom. The number of para-hydroxylation sites is 2. The van der Waals surface area contributed by atoms with Crippen LogP contribution >= 0.6 is 0 Å². The second-order valence-electron chi connectivity index (χ2n) is 4.96. The van der Waals surface area contributed by atoms with Gasteiger partial charge in [-0.05, 0) is 26.0 Å². The van der Waals surface area contributed by atoms with Gasteiger partial charge in [0.1, 0.15) is 5.52 Å². The van der Waals surface area contributed by atoms with Crippen LogP contribution in [0.3, 0.4) is 0 Å². The number of esters is 1. The summed E-state index contributed by atoms with van der Waals surface area (Å²) >= 11 is 0. The van der Waals surface area contributed by atoms with Crippen molar-refractivity contribution in [1.82, 2.24) is 10.3 Å². The molecule has 1 heterocycles. The van der Waals surface area contributed by atoms with E-state index in [0.29, 0.717) is 17.9 Å². The number of aromatic nitrogens is 1. The number of amides is 1. The number of aryl methyl sites for hydroxylation is 1. The maximum absolute atomic E-state index is 11.6. The molecular weight excluding hydrogens is 272 g/mol. The highest BCUT2D eigenvalue weighted by molar-refractivity contribution is 5.80. The summed E-state index contributed by atoms with van der Waals surface area (Å²) in [4.78, 5) is 27.1. The molecule has 1 aromatic heterocycles. The summed E-state index contributed by atoms with van der Waals surface area (Å²) in [5.74, 6) is -0.267. The molecule has 0 aliphatic rings. The smallest absolute Gasteiger partial charge is 0.306 e. The Morgan fingerprint density at radius 2 is 2.10 bits per heavy atom. The number of hydrogen-bond donors (Lipinski definition) is 1. The molecule has 1 N–H and O–H groups in total. The van der Waals surface area contributed by atoms with Crippen molar-refractivity contribution in [2.24, 2.45) is 0 Å². The maximum Gasteiger partial charge on any atom is 0.306 e. The molecule has 2 rings (SSSR count). The highest BCUT2D eigenvalue weighted by Crippen LogP contribution is 2.15. The first kappa shape index (κ1) is 15.0. The highest BCUT2D eigenvalue weighted by Gasteiger charge is 2.11. The lowest BCUT2D eigenvalue weighted by atomic mass is 10.3. The molecule has 0 fully saturated rings. The lowest BCUT2D eigenvalue weighted by Crippen LogP contribution is -2.34. The zero-order valence-corrected chi connectivity index (χ0v) is 12.1. The number of carbonyl (C=O) groups excluding carboxylic acids is 2. The first-order chi connectivity index (χ1) is 10.0. The topological polar surface area (TPSA) is 81.4 Å². The minimum atomic E-state index is -0.448. The second-order valence-corrected chi connectivity index (χ2v) is 4.96. The predicted octanol–water partition coefficient (Wildman–Crippen LogP) is 1.83. The minimum absolute atomic E-state index is 0.0240. The first-order valence-electron chi connectivity index (χ1n) is 6.84. The Hall–Kier alpha value is -2.37. The molecule has 2 aromatic rings. The number of benzene rings is 1. The molecule has 21 heavy (non-hydrogen) atoms. The summed E-state index contributed by atoms with van der Waals surface area (Å²) in [5.41, 5.74) is 1.45. The summed E-state index contributed by atoms with van der Waals surface area (Å²) in [6, 6.07) is 7.42. The Bertz CT molecular complexity index is 600. The molecule has 0 saturated carbocycles. The summed E-state index contributed by atoms with van der Waals surface area (Å²) in [6.07, 6.45) is 0.473. The number of hydrogen-bond acceptors (Lipinski definition) is 5. The SMILES string of the molecule is CC(C)NC(=O)COC(=O)CCc1nc2ccccc2o1. The Kier molecular flexibility index (Phi) is 4.92. The number of nitrogens with one attached hydrogen (secondary N) is 1. The maximum atomic E-state index is 11.6. The standard InChI is InChI=1S/C15H18N2O4/c1-10(2)16-13(18)9-20-15(19)8-7-14-17-11-5-3-4-6-12(11)21-14/h3-6,10H,7-9H2,1-2H3,(H,16,18). The van der Waals surface area contributed by atoms with Crippen LogP contribution in [-0.4, -0.2) is 29.5 Å². The number of rotatable bonds is 6. The second kappa shape index (κ2) is 6.88. The van der Waals surface area contributed by atoms with Crippen LogP contribution in [0.4, 0.5) is 0 Å². The van der Waals surface area contributed by atoms with Crippen LogP contribution in [0.5, 0.6) is 0 Å². The van der Waals surface area contributed by atoms with Gasteiger partial charge in [0.25, 0.3) is 5.91 Å². The van der Waals surface area contributed by atoms with Gasteiger partial charge in [0.15, 0.2) is 18.1 Å². The van der Waals surface area contributed by atoms with Crippen molar-refractivity contribution in [3.8, 4) is 0 Å². The Balaban J connectivity index is 1.77. The molecule has 0 radical (unpaired) electrons. The molecule has 0 bridgehead atoms. The molecule has 0 spiro atoms. The Labute approximate surface area is 122 Å². The molecule has 112 valence electrons. The monoisotopic (exact) mass is 290 g/mol. The normalized spacial score (nSPS) is 10.8. The molecule has 0 atom stereocenters. The number of oxazole rings is 1. The third kappa shape index (κ3) is 4.59. The lowest BCUT2D eigenvalue weighted by molar-refractivity contribution is -0.148. The number of fused-ring (bicyclic) bond motifs is 1. The van der Waals surface area contributed by atoms with Gasteiger partial charge in [0.05, 0.1) is 6.42 Å². The molecular formula is C15H18N2O4. The van der Waals surface area contributed by atoms with E-state index in [2.05, 4.69) is 10.3 Å². The summed E-state index contributed by atoms with van der Waals surface area (Å²) in [6.45, 7) is 3.42. The third-order valence-electron chi connectivity index (χ3n) is 2.70. The van der Waals surface area contributed by atoms with E-state index in [9.17, 15) is 9.59 Å². The van der Waals surface area contributed by atoms with E-state index in [1.807, 2.05) is 38.1 Å². The van der Waals surface area contributed by atoms with Gasteiger partial charge in [-0.3, -0.25) is 9.59 Å². The van der Waals surface area contributed by atoms with Gasteiger partial charge >= 0.3 is 5.97 Å². The van der Waals surface area contributed by atoms with Crippen LogP contribution in [0.1, 0.15) is 26.2 Å². The van der Waals surface area contributed by atoms with Gasteiger partial charge in [0, 0.05) is 12.5 Å². The first-order valence-corrected chi connectivity index (χ1v) is 6.84. The molecule has 6 heteroatoms. The third-order valence-corrected chi connectivity index (χ3v) is 2.70. The van der Waals surface area contributed by atoms with Crippen LogP contribution in [0.25, 0.3) is 11.1 Å². The fraction of sp³-hybridized carbons (Fsp3) is 0.400. The van der Waals surface area contributed by atoms with Gasteiger partial charge in [-0.15, -0.1) is 0 Å². The molecule has 6 nitrogen and oxygen atoms in total. The summed E-state index contributed by atoms with van der Waals surface area (Å²) in [7, 11) is 0. The van der Waals surface area contributed by atoms with E-state index in [4.69, 9.17) is 9.15 Å². The zero-order chi connectivity index (χ0) is 15.2. The van der Waals surface area contributed by atoms with E-state index in [1.54, 1.807) is 0 Å². The van der Waals surface area contributed by atoms with Gasteiger partial charge in [0.2, 0.25) is 0 Å².